The first-order valence-corrected chi connectivity index (χ1v) is 4.60. The van der Waals surface area contributed by atoms with Crippen LogP contribution < -0.4 is 0 Å². The molecule has 0 N–H and O–H groups in total. The molecular weight excluding hydrogens is 164 g/mol. The molecule has 0 aliphatic heterocycles. The summed E-state index contributed by atoms with van der Waals surface area (Å²) in [5.74, 6) is 0.416. The smallest absolute Gasteiger partial charge is 0.133 e. The molecule has 1 heterocycles. The Kier molecular flexibility index (Phi) is 3.23. The second-order valence-electron chi connectivity index (χ2n) is 3.42. The van der Waals surface area contributed by atoms with Crippen LogP contribution in [0.4, 0.5) is 0 Å². The van der Waals surface area contributed by atoms with Gasteiger partial charge in [0.15, 0.2) is 0 Å². The Morgan fingerprint density at radius 1 is 1.69 bits per heavy atom. The van der Waals surface area contributed by atoms with Crippen molar-refractivity contribution in [2.45, 2.75) is 26.7 Å². The quantitative estimate of drug-likeness (QED) is 0.705. The van der Waals surface area contributed by atoms with Crippen LogP contribution in [0, 0.1) is 5.92 Å². The van der Waals surface area contributed by atoms with Crippen LogP contribution in [0.15, 0.2) is 12.5 Å². The van der Waals surface area contributed by atoms with E-state index in [1.54, 1.807) is 13.3 Å². The molecule has 0 amide bonds. The molecule has 3 nitrogen and oxygen atoms in total. The highest BCUT2D eigenvalue weighted by molar-refractivity contribution is 5.78. The summed E-state index contributed by atoms with van der Waals surface area (Å²) in [7, 11) is 1.95. The van der Waals surface area contributed by atoms with E-state index in [2.05, 4.69) is 4.98 Å². The van der Waals surface area contributed by atoms with Crippen LogP contribution in [-0.4, -0.2) is 15.3 Å². The van der Waals surface area contributed by atoms with E-state index in [0.29, 0.717) is 0 Å². The van der Waals surface area contributed by atoms with Gasteiger partial charge in [0.1, 0.15) is 5.78 Å². The fourth-order valence-corrected chi connectivity index (χ4v) is 1.41. The van der Waals surface area contributed by atoms with E-state index in [-0.39, 0.29) is 11.7 Å². The maximum Gasteiger partial charge on any atom is 0.133 e. The van der Waals surface area contributed by atoms with Crippen LogP contribution in [-0.2, 0) is 18.3 Å². The Labute approximate surface area is 78.8 Å². The Bertz CT molecular complexity index is 291. The molecule has 0 aliphatic rings. The largest absolute Gasteiger partial charge is 0.338 e. The predicted molar refractivity (Wildman–Crippen MR) is 51.4 cm³/mol. The first-order chi connectivity index (χ1) is 6.15. The van der Waals surface area contributed by atoms with Crippen molar-refractivity contribution in [3.05, 3.63) is 18.2 Å². The van der Waals surface area contributed by atoms with Crippen molar-refractivity contribution in [2.75, 3.05) is 0 Å². The summed E-state index contributed by atoms with van der Waals surface area (Å²) in [6, 6.07) is 0. The third-order valence-electron chi connectivity index (χ3n) is 2.44. The number of carbonyl (C=O) groups is 1. The zero-order valence-electron chi connectivity index (χ0n) is 8.45. The van der Waals surface area contributed by atoms with Gasteiger partial charge in [-0.05, 0) is 19.8 Å². The summed E-state index contributed by atoms with van der Waals surface area (Å²) in [5.41, 5.74) is 1.13. The molecule has 0 bridgehead atoms. The number of Topliss-reactive ketones (excluding diaryl/α,β-unsaturated/α-hetero) is 1. The maximum absolute atomic E-state index is 11.2. The molecule has 1 aromatic heterocycles. The summed E-state index contributed by atoms with van der Waals surface area (Å²) < 4.78 is 1.96. The van der Waals surface area contributed by atoms with Gasteiger partial charge in [0.2, 0.25) is 0 Å². The molecule has 13 heavy (non-hydrogen) atoms. The van der Waals surface area contributed by atoms with Gasteiger partial charge in [0.05, 0.1) is 6.33 Å². The molecule has 0 radical (unpaired) electrons. The summed E-state index contributed by atoms with van der Waals surface area (Å²) >= 11 is 0. The normalized spacial score (nSPS) is 12.8. The summed E-state index contributed by atoms with van der Waals surface area (Å²) in [6.45, 7) is 3.70. The lowest BCUT2D eigenvalue weighted by atomic mass is 9.97. The molecule has 0 spiro atoms. The highest BCUT2D eigenvalue weighted by Crippen LogP contribution is 2.12. The average Bonchev–Trinajstić information content (AvgIpc) is 2.46. The summed E-state index contributed by atoms with van der Waals surface area (Å²) in [5, 5.41) is 0. The van der Waals surface area contributed by atoms with Crippen LogP contribution in [0.3, 0.4) is 0 Å². The molecule has 1 rings (SSSR count). The molecule has 1 atom stereocenters. The van der Waals surface area contributed by atoms with E-state index in [1.165, 1.54) is 0 Å². The van der Waals surface area contributed by atoms with E-state index >= 15 is 0 Å². The lowest BCUT2D eigenvalue weighted by Crippen LogP contribution is -2.14. The van der Waals surface area contributed by atoms with E-state index < -0.39 is 0 Å². The zero-order chi connectivity index (χ0) is 9.84. The van der Waals surface area contributed by atoms with E-state index in [0.717, 1.165) is 18.5 Å². The number of aryl methyl sites for hydroxylation is 1. The van der Waals surface area contributed by atoms with Crippen molar-refractivity contribution in [3.8, 4) is 0 Å². The maximum atomic E-state index is 11.2. The molecule has 0 unspecified atom stereocenters. The van der Waals surface area contributed by atoms with Gasteiger partial charge in [0, 0.05) is 24.9 Å². The monoisotopic (exact) mass is 180 g/mol. The molecule has 3 heteroatoms. The Balaban J connectivity index is 2.67. The first kappa shape index (κ1) is 9.96. The van der Waals surface area contributed by atoms with Gasteiger partial charge < -0.3 is 4.57 Å². The second kappa shape index (κ2) is 4.21. The minimum absolute atomic E-state index is 0.149. The minimum atomic E-state index is 0.149. The van der Waals surface area contributed by atoms with Crippen LogP contribution in [0.2, 0.25) is 0 Å². The Morgan fingerprint density at radius 2 is 2.38 bits per heavy atom. The van der Waals surface area contributed by atoms with Crippen molar-refractivity contribution < 1.29 is 4.79 Å². The van der Waals surface area contributed by atoms with Crippen molar-refractivity contribution in [3.63, 3.8) is 0 Å². The van der Waals surface area contributed by atoms with Gasteiger partial charge in [-0.15, -0.1) is 0 Å². The highest BCUT2D eigenvalue weighted by Gasteiger charge is 2.13. The minimum Gasteiger partial charge on any atom is -0.338 e. The van der Waals surface area contributed by atoms with E-state index in [9.17, 15) is 4.79 Å². The van der Waals surface area contributed by atoms with Gasteiger partial charge in [-0.2, -0.15) is 0 Å². The van der Waals surface area contributed by atoms with Crippen LogP contribution in [0.1, 0.15) is 26.0 Å². The van der Waals surface area contributed by atoms with Gasteiger partial charge in [-0.3, -0.25) is 4.79 Å². The first-order valence-electron chi connectivity index (χ1n) is 4.60. The molecule has 0 fully saturated rings. The molecule has 0 aliphatic carbocycles. The number of nitrogens with zero attached hydrogens (tertiary/aromatic N) is 2. The van der Waals surface area contributed by atoms with Gasteiger partial charge in [0.25, 0.3) is 0 Å². The summed E-state index contributed by atoms with van der Waals surface area (Å²) in [6.07, 6.45) is 5.30. The van der Waals surface area contributed by atoms with Gasteiger partial charge in [-0.1, -0.05) is 6.92 Å². The SMILES string of the molecule is CC[C@@H](Cc1cncn1C)C(C)=O. The van der Waals surface area contributed by atoms with Crippen molar-refractivity contribution >= 4 is 5.78 Å². The van der Waals surface area contributed by atoms with Gasteiger partial charge >= 0.3 is 0 Å². The number of ketones is 1. The van der Waals surface area contributed by atoms with Crippen molar-refractivity contribution in [1.82, 2.24) is 9.55 Å². The molecule has 0 aromatic carbocycles. The average molecular weight is 180 g/mol. The predicted octanol–water partition coefficient (Wildman–Crippen LogP) is 1.58. The topological polar surface area (TPSA) is 34.9 Å². The lowest BCUT2D eigenvalue weighted by molar-refractivity contribution is -0.120. The van der Waals surface area contributed by atoms with E-state index in [4.69, 9.17) is 0 Å². The van der Waals surface area contributed by atoms with Crippen LogP contribution >= 0.6 is 0 Å². The lowest BCUT2D eigenvalue weighted by Gasteiger charge is -2.10. The molecule has 0 saturated heterocycles. The Hall–Kier alpha value is -1.12. The molecular formula is C10H16N2O. The zero-order valence-corrected chi connectivity index (χ0v) is 8.45. The Morgan fingerprint density at radius 3 is 2.77 bits per heavy atom. The van der Waals surface area contributed by atoms with Crippen LogP contribution in [0.25, 0.3) is 0 Å². The number of hydrogen-bond donors (Lipinski definition) is 0. The standard InChI is InChI=1S/C10H16N2O/c1-4-9(8(2)13)5-10-6-11-7-12(10)3/h6-7,9H,4-5H2,1-3H3/t9-/m0/s1. The fourth-order valence-electron chi connectivity index (χ4n) is 1.41. The number of carbonyl (C=O) groups excluding carboxylic acids is 1. The van der Waals surface area contributed by atoms with E-state index in [1.807, 2.05) is 24.7 Å². The third kappa shape index (κ3) is 2.41. The van der Waals surface area contributed by atoms with Gasteiger partial charge in [-0.25, -0.2) is 4.98 Å². The fraction of sp³-hybridized carbons (Fsp3) is 0.600. The number of hydrogen-bond acceptors (Lipinski definition) is 2. The molecule has 72 valence electrons. The second-order valence-corrected chi connectivity index (χ2v) is 3.42. The number of aromatic nitrogens is 2. The van der Waals surface area contributed by atoms with Crippen LogP contribution in [0.5, 0.6) is 0 Å². The van der Waals surface area contributed by atoms with Crippen molar-refractivity contribution in [2.24, 2.45) is 13.0 Å². The summed E-state index contributed by atoms with van der Waals surface area (Å²) in [4.78, 5) is 15.2. The number of imidazole rings is 1. The highest BCUT2D eigenvalue weighted by atomic mass is 16.1. The molecule has 1 aromatic rings. The van der Waals surface area contributed by atoms with Crippen molar-refractivity contribution in [1.29, 1.82) is 0 Å². The number of rotatable bonds is 4. The molecule has 0 saturated carbocycles. The third-order valence-corrected chi connectivity index (χ3v) is 2.44.